The van der Waals surface area contributed by atoms with Gasteiger partial charge >= 0.3 is 0 Å². The lowest BCUT2D eigenvalue weighted by Gasteiger charge is -2.30. The first-order valence-corrected chi connectivity index (χ1v) is 12.2. The molecule has 34 heavy (non-hydrogen) atoms. The number of rotatable bonds is 7. The molecule has 1 aromatic heterocycles. The van der Waals surface area contributed by atoms with Crippen molar-refractivity contribution in [2.45, 2.75) is 32.1 Å². The molecule has 0 spiro atoms. The smallest absolute Gasteiger partial charge is 0.236 e. The summed E-state index contributed by atoms with van der Waals surface area (Å²) < 4.78 is 22.8. The van der Waals surface area contributed by atoms with E-state index in [-0.39, 0.29) is 18.8 Å². The van der Waals surface area contributed by atoms with Crippen molar-refractivity contribution in [1.82, 2.24) is 14.8 Å². The van der Waals surface area contributed by atoms with Gasteiger partial charge in [0.15, 0.2) is 11.5 Å². The molecule has 8 nitrogen and oxygen atoms in total. The Hall–Kier alpha value is -2.39. The molecule has 2 fully saturated rings. The predicted octanol–water partition coefficient (Wildman–Crippen LogP) is 3.12. The number of fused-ring (bicyclic) bond motifs is 1. The van der Waals surface area contributed by atoms with Crippen LogP contribution in [0, 0.1) is 5.92 Å². The maximum Gasteiger partial charge on any atom is 0.236 e. The van der Waals surface area contributed by atoms with Crippen molar-refractivity contribution >= 4 is 17.5 Å². The van der Waals surface area contributed by atoms with Crippen LogP contribution in [0.1, 0.15) is 24.0 Å². The van der Waals surface area contributed by atoms with Crippen molar-refractivity contribution in [3.63, 3.8) is 0 Å². The van der Waals surface area contributed by atoms with Gasteiger partial charge in [-0.25, -0.2) is 0 Å². The van der Waals surface area contributed by atoms with Crippen molar-refractivity contribution in [2.75, 3.05) is 46.2 Å². The van der Waals surface area contributed by atoms with E-state index >= 15 is 0 Å². The van der Waals surface area contributed by atoms with Gasteiger partial charge in [0.1, 0.15) is 0 Å². The lowest BCUT2D eigenvalue weighted by Crippen LogP contribution is -2.42. The first-order chi connectivity index (χ1) is 16.6. The number of hydrogen-bond acceptors (Lipinski definition) is 7. The fraction of sp³-hybridized carbons (Fsp3) is 0.520. The number of ether oxygens (including phenoxy) is 4. The minimum absolute atomic E-state index is 0.118. The van der Waals surface area contributed by atoms with E-state index < -0.39 is 0 Å². The number of benzene rings is 1. The minimum Gasteiger partial charge on any atom is -0.454 e. The molecule has 0 N–H and O–H groups in total. The first kappa shape index (κ1) is 23.4. The molecule has 0 aliphatic carbocycles. The van der Waals surface area contributed by atoms with Crippen LogP contribution in [0.5, 0.6) is 11.5 Å². The summed E-state index contributed by atoms with van der Waals surface area (Å²) in [6.45, 7) is 5.01. The van der Waals surface area contributed by atoms with E-state index in [4.69, 9.17) is 30.5 Å². The number of aromatic nitrogens is 1. The Labute approximate surface area is 204 Å². The van der Waals surface area contributed by atoms with E-state index in [1.807, 2.05) is 23.1 Å². The number of carbonyl (C=O) groups excluding carboxylic acids is 1. The Morgan fingerprint density at radius 1 is 1.09 bits per heavy atom. The highest BCUT2D eigenvalue weighted by Gasteiger charge is 2.31. The number of carbonyl (C=O) groups is 1. The highest BCUT2D eigenvalue weighted by Crippen LogP contribution is 2.37. The van der Waals surface area contributed by atoms with Crippen LogP contribution in [0.25, 0.3) is 0 Å². The van der Waals surface area contributed by atoms with Gasteiger partial charge < -0.3 is 23.8 Å². The summed E-state index contributed by atoms with van der Waals surface area (Å²) in [5.74, 6) is 1.93. The molecule has 9 heteroatoms. The van der Waals surface area contributed by atoms with E-state index in [0.717, 1.165) is 43.7 Å². The van der Waals surface area contributed by atoms with Crippen molar-refractivity contribution in [1.29, 1.82) is 0 Å². The van der Waals surface area contributed by atoms with Crippen LogP contribution in [-0.2, 0) is 27.4 Å². The quantitative estimate of drug-likeness (QED) is 0.594. The average molecular weight is 488 g/mol. The SMILES string of the molecule is O=C1CN(Cc2cc3c(cc2Cl)OCO3)C[C@@H](OCc2ccncc2)CN1CC1CCOCC1. The molecule has 0 saturated carbocycles. The maximum absolute atomic E-state index is 13.3. The summed E-state index contributed by atoms with van der Waals surface area (Å²) in [4.78, 5) is 21.5. The summed E-state index contributed by atoms with van der Waals surface area (Å²) in [6, 6.07) is 7.60. The molecular weight excluding hydrogens is 458 g/mol. The molecule has 1 aromatic carbocycles. The molecule has 182 valence electrons. The van der Waals surface area contributed by atoms with E-state index in [1.165, 1.54) is 0 Å². The lowest BCUT2D eigenvalue weighted by molar-refractivity contribution is -0.133. The van der Waals surface area contributed by atoms with E-state index in [1.54, 1.807) is 18.5 Å². The van der Waals surface area contributed by atoms with Crippen LogP contribution >= 0.6 is 11.6 Å². The number of pyridine rings is 1. The Bertz CT molecular complexity index is 986. The number of halogens is 1. The van der Waals surface area contributed by atoms with Crippen LogP contribution < -0.4 is 9.47 Å². The van der Waals surface area contributed by atoms with Gasteiger partial charge in [0, 0.05) is 62.9 Å². The van der Waals surface area contributed by atoms with E-state index in [2.05, 4.69) is 9.88 Å². The second-order valence-electron chi connectivity index (χ2n) is 9.11. The summed E-state index contributed by atoms with van der Waals surface area (Å²) in [5, 5.41) is 0.606. The van der Waals surface area contributed by atoms with Gasteiger partial charge in [0.25, 0.3) is 0 Å². The molecule has 2 saturated heterocycles. The molecule has 0 radical (unpaired) electrons. The Morgan fingerprint density at radius 3 is 2.65 bits per heavy atom. The van der Waals surface area contributed by atoms with Crippen molar-refractivity contribution in [3.05, 3.63) is 52.8 Å². The third-order valence-electron chi connectivity index (χ3n) is 6.59. The van der Waals surface area contributed by atoms with Gasteiger partial charge in [-0.05, 0) is 48.1 Å². The third kappa shape index (κ3) is 5.81. The standard InChI is InChI=1S/C25H30ClN3O5/c26-22-10-24-23(33-17-34-24)9-20(22)12-28-13-21(32-16-19-1-5-27-6-2-19)14-29(25(30)15-28)11-18-3-7-31-8-4-18/h1-2,5-6,9-10,18,21H,3-4,7-8,11-17H2/t21-/m1/s1. The van der Waals surface area contributed by atoms with Gasteiger partial charge in [-0.2, -0.15) is 0 Å². The summed E-state index contributed by atoms with van der Waals surface area (Å²) >= 11 is 6.53. The maximum atomic E-state index is 13.3. The van der Waals surface area contributed by atoms with E-state index in [9.17, 15) is 4.79 Å². The summed E-state index contributed by atoms with van der Waals surface area (Å²) in [6.07, 6.45) is 5.39. The average Bonchev–Trinajstić information content (AvgIpc) is 3.24. The van der Waals surface area contributed by atoms with Gasteiger partial charge in [-0.3, -0.25) is 14.7 Å². The van der Waals surface area contributed by atoms with Crippen LogP contribution in [0.2, 0.25) is 5.02 Å². The molecule has 3 aliphatic heterocycles. The molecule has 3 aliphatic rings. The fourth-order valence-corrected chi connectivity index (χ4v) is 4.92. The van der Waals surface area contributed by atoms with Crippen molar-refractivity contribution in [2.24, 2.45) is 5.92 Å². The molecule has 1 atom stereocenters. The number of hydrogen-bond donors (Lipinski definition) is 0. The van der Waals surface area contributed by atoms with Crippen LogP contribution in [0.3, 0.4) is 0 Å². The Morgan fingerprint density at radius 2 is 1.85 bits per heavy atom. The van der Waals surface area contributed by atoms with Gasteiger partial charge in [-0.1, -0.05) is 11.6 Å². The van der Waals surface area contributed by atoms with Crippen LogP contribution in [0.4, 0.5) is 0 Å². The van der Waals surface area contributed by atoms with E-state index in [0.29, 0.717) is 55.2 Å². The second kappa shape index (κ2) is 10.9. The zero-order valence-electron chi connectivity index (χ0n) is 19.2. The highest BCUT2D eigenvalue weighted by molar-refractivity contribution is 6.31. The summed E-state index contributed by atoms with van der Waals surface area (Å²) in [7, 11) is 0. The lowest BCUT2D eigenvalue weighted by atomic mass is 9.99. The second-order valence-corrected chi connectivity index (χ2v) is 9.52. The van der Waals surface area contributed by atoms with Crippen LogP contribution in [0.15, 0.2) is 36.7 Å². The zero-order valence-corrected chi connectivity index (χ0v) is 19.9. The molecule has 5 rings (SSSR count). The molecule has 4 heterocycles. The van der Waals surface area contributed by atoms with Gasteiger partial charge in [0.05, 0.1) is 19.3 Å². The minimum atomic E-state index is -0.118. The topological polar surface area (TPSA) is 73.4 Å². The fourth-order valence-electron chi connectivity index (χ4n) is 4.71. The highest BCUT2D eigenvalue weighted by atomic mass is 35.5. The summed E-state index contributed by atoms with van der Waals surface area (Å²) in [5.41, 5.74) is 1.97. The molecular formula is C25H30ClN3O5. The molecule has 0 unspecified atom stereocenters. The largest absolute Gasteiger partial charge is 0.454 e. The normalized spacial score (nSPS) is 21.6. The Kier molecular flexibility index (Phi) is 7.49. The van der Waals surface area contributed by atoms with Gasteiger partial charge in [0.2, 0.25) is 12.7 Å². The van der Waals surface area contributed by atoms with Crippen molar-refractivity contribution in [3.8, 4) is 11.5 Å². The molecule has 2 aromatic rings. The third-order valence-corrected chi connectivity index (χ3v) is 6.94. The number of nitrogens with zero attached hydrogens (tertiary/aromatic N) is 3. The predicted molar refractivity (Wildman–Crippen MR) is 126 cm³/mol. The zero-order chi connectivity index (χ0) is 23.3. The van der Waals surface area contributed by atoms with Gasteiger partial charge in [-0.15, -0.1) is 0 Å². The first-order valence-electron chi connectivity index (χ1n) is 11.8. The molecule has 1 amide bonds. The Balaban J connectivity index is 1.30. The number of amides is 1. The molecule has 0 bridgehead atoms. The van der Waals surface area contributed by atoms with Crippen LogP contribution in [-0.4, -0.2) is 73.0 Å². The van der Waals surface area contributed by atoms with Crippen molar-refractivity contribution < 1.29 is 23.7 Å². The monoisotopic (exact) mass is 487 g/mol.